The van der Waals surface area contributed by atoms with Crippen molar-refractivity contribution in [2.45, 2.75) is 39.7 Å². The summed E-state index contributed by atoms with van der Waals surface area (Å²) in [4.78, 5) is 32.7. The zero-order valence-corrected chi connectivity index (χ0v) is 15.5. The Morgan fingerprint density at radius 3 is 2.85 bits per heavy atom. The van der Waals surface area contributed by atoms with Gasteiger partial charge in [0, 0.05) is 36.7 Å². The number of carbonyl (C=O) groups is 2. The van der Waals surface area contributed by atoms with E-state index >= 15 is 0 Å². The first-order valence-electron chi connectivity index (χ1n) is 9.17. The Morgan fingerprint density at radius 2 is 2.07 bits per heavy atom. The molecular formula is C21H22N4O2. The third-order valence-electron chi connectivity index (χ3n) is 5.12. The molecule has 2 aromatic heterocycles. The fourth-order valence-corrected chi connectivity index (χ4v) is 3.81. The fourth-order valence-electron chi connectivity index (χ4n) is 3.81. The van der Waals surface area contributed by atoms with Gasteiger partial charge in [-0.05, 0) is 38.3 Å². The Bertz CT molecular complexity index is 1030. The van der Waals surface area contributed by atoms with E-state index in [9.17, 15) is 9.59 Å². The van der Waals surface area contributed by atoms with Crippen molar-refractivity contribution >= 4 is 11.7 Å². The normalized spacial score (nSPS) is 13.5. The second-order valence-electron chi connectivity index (χ2n) is 6.91. The van der Waals surface area contributed by atoms with Gasteiger partial charge in [-0.1, -0.05) is 18.2 Å². The molecule has 0 bridgehead atoms. The predicted octanol–water partition coefficient (Wildman–Crippen LogP) is 3.27. The highest BCUT2D eigenvalue weighted by atomic mass is 16.2. The Hall–Kier alpha value is -3.15. The number of benzene rings is 1. The molecule has 2 heterocycles. The second kappa shape index (κ2) is 6.87. The minimum Gasteiger partial charge on any atom is -0.361 e. The number of nitrogens with zero attached hydrogens (tertiary/aromatic N) is 2. The largest absolute Gasteiger partial charge is 0.361 e. The van der Waals surface area contributed by atoms with Crippen LogP contribution < -0.4 is 5.32 Å². The molecule has 3 aromatic rings. The van der Waals surface area contributed by atoms with E-state index in [0.717, 1.165) is 41.3 Å². The standard InChI is InChI=1S/C21H22N4O2/c1-13-19(20-16(24-13)7-5-9-18(20)26)21(27)23-12-15-6-3-4-8-17(15)25-11-10-22-14(25)2/h3-4,6,8,10-11,24H,5,7,9,12H2,1-2H3,(H,23,27). The zero-order valence-electron chi connectivity index (χ0n) is 15.5. The SMILES string of the molecule is Cc1[nH]c2c(c1C(=O)NCc1ccccc1-n1ccnc1C)C(=O)CCC2. The molecule has 1 aliphatic carbocycles. The lowest BCUT2D eigenvalue weighted by Crippen LogP contribution is -2.26. The lowest BCUT2D eigenvalue weighted by molar-refractivity contribution is 0.0926. The molecule has 1 aromatic carbocycles. The molecule has 0 fully saturated rings. The van der Waals surface area contributed by atoms with Gasteiger partial charge >= 0.3 is 0 Å². The van der Waals surface area contributed by atoms with Crippen LogP contribution in [0.15, 0.2) is 36.7 Å². The molecule has 0 spiro atoms. The average molecular weight is 362 g/mol. The molecule has 1 amide bonds. The van der Waals surface area contributed by atoms with Gasteiger partial charge in [0.05, 0.1) is 16.8 Å². The highest BCUT2D eigenvalue weighted by Crippen LogP contribution is 2.27. The number of hydrogen-bond acceptors (Lipinski definition) is 3. The maximum Gasteiger partial charge on any atom is 0.254 e. The Balaban J connectivity index is 1.59. The van der Waals surface area contributed by atoms with Crippen molar-refractivity contribution in [2.24, 2.45) is 0 Å². The average Bonchev–Trinajstić information content (AvgIpc) is 3.23. The first-order chi connectivity index (χ1) is 13.1. The van der Waals surface area contributed by atoms with E-state index in [1.165, 1.54) is 0 Å². The van der Waals surface area contributed by atoms with Gasteiger partial charge in [-0.15, -0.1) is 0 Å². The van der Waals surface area contributed by atoms with Crippen LogP contribution in [0, 0.1) is 13.8 Å². The lowest BCUT2D eigenvalue weighted by Gasteiger charge is -2.14. The number of nitrogens with one attached hydrogen (secondary N) is 2. The molecule has 27 heavy (non-hydrogen) atoms. The van der Waals surface area contributed by atoms with Gasteiger partial charge in [-0.3, -0.25) is 9.59 Å². The van der Waals surface area contributed by atoms with Crippen LogP contribution in [-0.4, -0.2) is 26.2 Å². The Morgan fingerprint density at radius 1 is 1.26 bits per heavy atom. The number of para-hydroxylation sites is 1. The number of aromatic amines is 1. The molecule has 0 saturated carbocycles. The van der Waals surface area contributed by atoms with E-state index in [4.69, 9.17) is 0 Å². The summed E-state index contributed by atoms with van der Waals surface area (Å²) in [6.07, 6.45) is 5.82. The van der Waals surface area contributed by atoms with Crippen LogP contribution in [0.25, 0.3) is 5.69 Å². The number of ketones is 1. The number of H-pyrrole nitrogens is 1. The van der Waals surface area contributed by atoms with Crippen molar-refractivity contribution in [2.75, 3.05) is 0 Å². The summed E-state index contributed by atoms with van der Waals surface area (Å²) >= 11 is 0. The van der Waals surface area contributed by atoms with Crippen molar-refractivity contribution in [3.05, 3.63) is 70.6 Å². The smallest absolute Gasteiger partial charge is 0.254 e. The quantitative estimate of drug-likeness (QED) is 0.747. The molecule has 1 aliphatic rings. The molecule has 2 N–H and O–H groups in total. The molecule has 0 saturated heterocycles. The van der Waals surface area contributed by atoms with Gasteiger partial charge in [0.25, 0.3) is 5.91 Å². The maximum atomic E-state index is 12.9. The van der Waals surface area contributed by atoms with Gasteiger partial charge < -0.3 is 14.9 Å². The molecule has 138 valence electrons. The van der Waals surface area contributed by atoms with E-state index in [-0.39, 0.29) is 11.7 Å². The number of hydrogen-bond donors (Lipinski definition) is 2. The van der Waals surface area contributed by atoms with Crippen LogP contribution in [0.1, 0.15) is 56.3 Å². The maximum absolute atomic E-state index is 12.9. The van der Waals surface area contributed by atoms with Gasteiger partial charge in [0.2, 0.25) is 0 Å². The van der Waals surface area contributed by atoms with E-state index in [0.29, 0.717) is 24.1 Å². The Kier molecular flexibility index (Phi) is 4.39. The summed E-state index contributed by atoms with van der Waals surface area (Å²) in [7, 11) is 0. The highest BCUT2D eigenvalue weighted by Gasteiger charge is 2.28. The first kappa shape index (κ1) is 17.3. The third-order valence-corrected chi connectivity index (χ3v) is 5.12. The monoisotopic (exact) mass is 362 g/mol. The van der Waals surface area contributed by atoms with Gasteiger partial charge in [0.1, 0.15) is 5.82 Å². The molecule has 4 rings (SSSR count). The Labute approximate surface area is 157 Å². The number of aromatic nitrogens is 3. The fraction of sp³-hybridized carbons (Fsp3) is 0.286. The lowest BCUT2D eigenvalue weighted by atomic mass is 9.93. The van der Waals surface area contributed by atoms with Crippen molar-refractivity contribution in [3.63, 3.8) is 0 Å². The molecule has 0 unspecified atom stereocenters. The number of Topliss-reactive ketones (excluding diaryl/α,β-unsaturated/α-hetero) is 1. The molecule has 0 aliphatic heterocycles. The second-order valence-corrected chi connectivity index (χ2v) is 6.91. The molecule has 6 nitrogen and oxygen atoms in total. The van der Waals surface area contributed by atoms with Crippen LogP contribution >= 0.6 is 0 Å². The molecule has 6 heteroatoms. The molecule has 0 atom stereocenters. The van der Waals surface area contributed by atoms with Crippen molar-refractivity contribution in [3.8, 4) is 5.69 Å². The summed E-state index contributed by atoms with van der Waals surface area (Å²) in [5, 5.41) is 2.99. The minimum absolute atomic E-state index is 0.0557. The number of imidazole rings is 1. The number of rotatable bonds is 4. The van der Waals surface area contributed by atoms with Gasteiger partial charge in [-0.25, -0.2) is 4.98 Å². The van der Waals surface area contributed by atoms with Crippen LogP contribution in [0.5, 0.6) is 0 Å². The number of carbonyl (C=O) groups excluding carboxylic acids is 2. The summed E-state index contributed by atoms with van der Waals surface area (Å²) < 4.78 is 1.99. The third kappa shape index (κ3) is 3.07. The highest BCUT2D eigenvalue weighted by molar-refractivity contribution is 6.10. The summed E-state index contributed by atoms with van der Waals surface area (Å²) in [5.74, 6) is 0.729. The van der Waals surface area contributed by atoms with Crippen LogP contribution in [0.2, 0.25) is 0 Å². The minimum atomic E-state index is -0.211. The van der Waals surface area contributed by atoms with Crippen molar-refractivity contribution in [1.82, 2.24) is 19.9 Å². The van der Waals surface area contributed by atoms with E-state index in [1.54, 1.807) is 6.20 Å². The van der Waals surface area contributed by atoms with E-state index in [1.807, 2.05) is 48.9 Å². The van der Waals surface area contributed by atoms with Crippen molar-refractivity contribution in [1.29, 1.82) is 0 Å². The van der Waals surface area contributed by atoms with Crippen LogP contribution in [0.4, 0.5) is 0 Å². The summed E-state index contributed by atoms with van der Waals surface area (Å²) in [6, 6.07) is 7.90. The predicted molar refractivity (Wildman–Crippen MR) is 102 cm³/mol. The van der Waals surface area contributed by atoms with Gasteiger partial charge in [-0.2, -0.15) is 0 Å². The number of aryl methyl sites for hydroxylation is 3. The molecular weight excluding hydrogens is 340 g/mol. The first-order valence-corrected chi connectivity index (χ1v) is 9.17. The number of amides is 1. The summed E-state index contributed by atoms with van der Waals surface area (Å²) in [5.41, 5.74) is 4.69. The van der Waals surface area contributed by atoms with E-state index in [2.05, 4.69) is 15.3 Å². The summed E-state index contributed by atoms with van der Waals surface area (Å²) in [6.45, 7) is 4.17. The number of fused-ring (bicyclic) bond motifs is 1. The molecule has 0 radical (unpaired) electrons. The van der Waals surface area contributed by atoms with Crippen LogP contribution in [-0.2, 0) is 13.0 Å². The zero-order chi connectivity index (χ0) is 19.0. The van der Waals surface area contributed by atoms with Crippen molar-refractivity contribution < 1.29 is 9.59 Å². The van der Waals surface area contributed by atoms with E-state index < -0.39 is 0 Å². The topological polar surface area (TPSA) is 79.8 Å². The van der Waals surface area contributed by atoms with Crippen LogP contribution in [0.3, 0.4) is 0 Å². The van der Waals surface area contributed by atoms with Gasteiger partial charge in [0.15, 0.2) is 5.78 Å².